The van der Waals surface area contributed by atoms with Gasteiger partial charge in [-0.3, -0.25) is 0 Å². The molecule has 3 nitrogen and oxygen atoms in total. The van der Waals surface area contributed by atoms with Crippen molar-refractivity contribution in [3.05, 3.63) is 228 Å². The number of hydrogen-bond donors (Lipinski definition) is 1. The molecule has 8 rings (SSSR count). The maximum Gasteiger partial charge on any atom is 0.169 e. The van der Waals surface area contributed by atoms with E-state index in [0.717, 1.165) is 34.8 Å². The van der Waals surface area contributed by atoms with Crippen LogP contribution in [0.15, 0.2) is 204 Å². The summed E-state index contributed by atoms with van der Waals surface area (Å²) in [4.78, 5) is 10.3. The van der Waals surface area contributed by atoms with Crippen LogP contribution in [0.3, 0.4) is 0 Å². The van der Waals surface area contributed by atoms with Gasteiger partial charge < -0.3 is 5.32 Å². The molecule has 240 valence electrons. The number of amidine groups is 2. The minimum absolute atomic E-state index is 0.264. The van der Waals surface area contributed by atoms with Gasteiger partial charge in [0.15, 0.2) is 6.17 Å². The van der Waals surface area contributed by atoms with Crippen molar-refractivity contribution in [3.8, 4) is 11.1 Å². The van der Waals surface area contributed by atoms with Crippen LogP contribution >= 0.6 is 0 Å². The molecule has 1 N–H and O–H groups in total. The van der Waals surface area contributed by atoms with Crippen LogP contribution in [0.4, 0.5) is 0 Å². The Hall–Kier alpha value is -6.32. The molecular formula is C47H37N3. The number of rotatable bonds is 8. The summed E-state index contributed by atoms with van der Waals surface area (Å²) in [5.74, 6) is 1.88. The second-order valence-electron chi connectivity index (χ2n) is 12.6. The van der Waals surface area contributed by atoms with Crippen molar-refractivity contribution in [2.45, 2.75) is 12.6 Å². The predicted octanol–water partition coefficient (Wildman–Crippen LogP) is 10.9. The topological polar surface area (TPSA) is 36.8 Å². The zero-order valence-corrected chi connectivity index (χ0v) is 27.7. The molecule has 0 aromatic heterocycles. The third-order valence-corrected chi connectivity index (χ3v) is 9.32. The molecule has 0 fully saturated rings. The van der Waals surface area contributed by atoms with Crippen molar-refractivity contribution < 1.29 is 0 Å². The normalized spacial score (nSPS) is 17.3. The van der Waals surface area contributed by atoms with Crippen LogP contribution in [-0.4, -0.2) is 11.7 Å². The smallest absolute Gasteiger partial charge is 0.169 e. The van der Waals surface area contributed by atoms with Crippen LogP contribution in [0.5, 0.6) is 0 Å². The lowest BCUT2D eigenvalue weighted by Crippen LogP contribution is -2.36. The van der Waals surface area contributed by atoms with Crippen molar-refractivity contribution in [2.24, 2.45) is 15.9 Å². The molecule has 0 saturated carbocycles. The van der Waals surface area contributed by atoms with Gasteiger partial charge in [-0.1, -0.05) is 194 Å². The first-order valence-corrected chi connectivity index (χ1v) is 17.2. The van der Waals surface area contributed by atoms with Crippen molar-refractivity contribution in [2.75, 3.05) is 0 Å². The van der Waals surface area contributed by atoms with Crippen molar-refractivity contribution in [3.63, 3.8) is 0 Å². The average molecular weight is 644 g/mol. The van der Waals surface area contributed by atoms with Gasteiger partial charge in [0.05, 0.1) is 0 Å². The largest absolute Gasteiger partial charge is 0.324 e. The minimum atomic E-state index is -0.395. The molecule has 50 heavy (non-hydrogen) atoms. The van der Waals surface area contributed by atoms with Crippen LogP contribution in [0.1, 0.15) is 46.0 Å². The summed E-state index contributed by atoms with van der Waals surface area (Å²) in [6.07, 6.45) is 9.48. The van der Waals surface area contributed by atoms with E-state index in [-0.39, 0.29) is 5.92 Å². The second-order valence-corrected chi connectivity index (χ2v) is 12.6. The Labute approximate surface area is 294 Å². The maximum absolute atomic E-state index is 5.18. The number of nitrogens with zero attached hydrogens (tertiary/aromatic N) is 2. The lowest BCUT2D eigenvalue weighted by molar-refractivity contribution is 0.755. The average Bonchev–Trinajstić information content (AvgIpc) is 3.21. The Kier molecular flexibility index (Phi) is 8.94. The van der Waals surface area contributed by atoms with E-state index < -0.39 is 6.17 Å². The summed E-state index contributed by atoms with van der Waals surface area (Å²) in [6, 6.07) is 59.8. The third-order valence-electron chi connectivity index (χ3n) is 9.32. The number of benzene rings is 6. The monoisotopic (exact) mass is 643 g/mol. The van der Waals surface area contributed by atoms with Gasteiger partial charge in [0, 0.05) is 17.0 Å². The molecule has 0 saturated heterocycles. The van der Waals surface area contributed by atoms with Gasteiger partial charge in [-0.2, -0.15) is 0 Å². The van der Waals surface area contributed by atoms with E-state index >= 15 is 0 Å². The van der Waals surface area contributed by atoms with Crippen molar-refractivity contribution >= 4 is 22.8 Å². The van der Waals surface area contributed by atoms with E-state index in [1.807, 2.05) is 24.3 Å². The molecular weight excluding hydrogens is 607 g/mol. The van der Waals surface area contributed by atoms with Gasteiger partial charge in [-0.15, -0.1) is 0 Å². The molecule has 0 spiro atoms. The Morgan fingerprint density at radius 1 is 0.460 bits per heavy atom. The molecule has 1 heterocycles. The number of allylic oxidation sites excluding steroid dienone is 5. The molecule has 1 aliphatic carbocycles. The molecule has 2 atom stereocenters. The van der Waals surface area contributed by atoms with Crippen LogP contribution in [0.25, 0.3) is 22.3 Å². The standard InChI is InChI=1S/C47H37N3/c1-6-16-34(17-7-1)35-26-30-41(31-27-35)46-48-45(40-24-14-5-15-25-40)49-47(50-46)42-32-28-39(29-33-42)44(38-22-12-4-13-23-38)43(36-18-8-2-9-19-36)37-20-10-3-11-21-37/h1-20,22-33,37,47H,21H2,(H,48,49,50)/b44-43-. The molecule has 1 aliphatic heterocycles. The van der Waals surface area contributed by atoms with E-state index in [9.17, 15) is 0 Å². The van der Waals surface area contributed by atoms with Gasteiger partial charge in [0.25, 0.3) is 0 Å². The number of nitrogens with one attached hydrogen (secondary N) is 1. The van der Waals surface area contributed by atoms with E-state index in [0.29, 0.717) is 0 Å². The predicted molar refractivity (Wildman–Crippen MR) is 209 cm³/mol. The summed E-state index contributed by atoms with van der Waals surface area (Å²) in [5.41, 5.74) is 11.6. The Balaban J connectivity index is 1.20. The van der Waals surface area contributed by atoms with Gasteiger partial charge in [0.2, 0.25) is 0 Å². The Morgan fingerprint density at radius 3 is 1.52 bits per heavy atom. The SMILES string of the molecule is C1=CCC(/C(=C(/c2ccccc2)c2ccc(C3N=C(c4ccccc4)NC(c4ccc(-c5ccccc5)cc4)=N3)cc2)c2ccccc2)C=C1. The Bertz CT molecular complexity index is 2210. The fraction of sp³-hybridized carbons (Fsp3) is 0.0638. The van der Waals surface area contributed by atoms with E-state index in [4.69, 9.17) is 9.98 Å². The van der Waals surface area contributed by atoms with Gasteiger partial charge >= 0.3 is 0 Å². The van der Waals surface area contributed by atoms with Crippen molar-refractivity contribution in [1.82, 2.24) is 5.32 Å². The van der Waals surface area contributed by atoms with E-state index in [1.165, 1.54) is 39.0 Å². The molecule has 0 bridgehead atoms. The van der Waals surface area contributed by atoms with Gasteiger partial charge in [-0.05, 0) is 50.9 Å². The molecule has 6 aromatic rings. The van der Waals surface area contributed by atoms with Gasteiger partial charge in [-0.25, -0.2) is 9.98 Å². The summed E-state index contributed by atoms with van der Waals surface area (Å²) < 4.78 is 0. The summed E-state index contributed by atoms with van der Waals surface area (Å²) in [6.45, 7) is 0. The summed E-state index contributed by atoms with van der Waals surface area (Å²) in [5, 5.41) is 3.55. The van der Waals surface area contributed by atoms with Crippen LogP contribution in [0, 0.1) is 5.92 Å². The molecule has 0 radical (unpaired) electrons. The van der Waals surface area contributed by atoms with Crippen LogP contribution in [-0.2, 0) is 0 Å². The minimum Gasteiger partial charge on any atom is -0.324 e. The highest BCUT2D eigenvalue weighted by molar-refractivity contribution is 6.16. The molecule has 2 unspecified atom stereocenters. The molecule has 6 aromatic carbocycles. The van der Waals surface area contributed by atoms with Crippen molar-refractivity contribution in [1.29, 1.82) is 0 Å². The first-order chi connectivity index (χ1) is 24.8. The van der Waals surface area contributed by atoms with Crippen LogP contribution in [0.2, 0.25) is 0 Å². The number of hydrogen-bond acceptors (Lipinski definition) is 3. The van der Waals surface area contributed by atoms with E-state index in [1.54, 1.807) is 0 Å². The second kappa shape index (κ2) is 14.4. The molecule has 2 aliphatic rings. The maximum atomic E-state index is 5.18. The summed E-state index contributed by atoms with van der Waals surface area (Å²) in [7, 11) is 0. The zero-order chi connectivity index (χ0) is 33.5. The lowest BCUT2D eigenvalue weighted by atomic mass is 9.80. The fourth-order valence-corrected chi connectivity index (χ4v) is 6.80. The first-order valence-electron chi connectivity index (χ1n) is 17.2. The highest BCUT2D eigenvalue weighted by Gasteiger charge is 2.23. The zero-order valence-electron chi connectivity index (χ0n) is 27.7. The lowest BCUT2D eigenvalue weighted by Gasteiger charge is -2.25. The molecule has 0 amide bonds. The van der Waals surface area contributed by atoms with E-state index in [2.05, 4.69) is 175 Å². The first kappa shape index (κ1) is 31.0. The summed E-state index contributed by atoms with van der Waals surface area (Å²) >= 11 is 0. The molecule has 3 heteroatoms. The highest BCUT2D eigenvalue weighted by atomic mass is 15.2. The highest BCUT2D eigenvalue weighted by Crippen LogP contribution is 2.40. The van der Waals surface area contributed by atoms with Gasteiger partial charge in [0.1, 0.15) is 11.7 Å². The third kappa shape index (κ3) is 6.67. The van der Waals surface area contributed by atoms with Crippen LogP contribution < -0.4 is 5.32 Å². The number of aliphatic imine (C=N–C) groups is 2. The fourth-order valence-electron chi connectivity index (χ4n) is 6.80. The quantitative estimate of drug-likeness (QED) is 0.165. The Morgan fingerprint density at radius 2 is 0.940 bits per heavy atom.